The van der Waals surface area contributed by atoms with Crippen LogP contribution in [0.1, 0.15) is 48.5 Å². The van der Waals surface area contributed by atoms with E-state index in [1.54, 1.807) is 0 Å². The fourth-order valence-corrected chi connectivity index (χ4v) is 3.80. The average molecular weight is 456 g/mol. The molecule has 1 spiro atoms. The highest BCUT2D eigenvalue weighted by atomic mass is 127. The zero-order chi connectivity index (χ0) is 17.0. The molecule has 1 saturated heterocycles. The van der Waals surface area contributed by atoms with Crippen molar-refractivity contribution in [3.05, 3.63) is 35.4 Å². The van der Waals surface area contributed by atoms with Crippen LogP contribution in [0.4, 0.5) is 0 Å². The lowest BCUT2D eigenvalue weighted by Crippen LogP contribution is -2.42. The highest BCUT2D eigenvalue weighted by Crippen LogP contribution is 2.47. The van der Waals surface area contributed by atoms with Crippen molar-refractivity contribution in [2.24, 2.45) is 10.4 Å². The predicted octanol–water partition coefficient (Wildman–Crippen LogP) is 3.01. The second-order valence-corrected chi connectivity index (χ2v) is 6.99. The Morgan fingerprint density at radius 3 is 2.68 bits per heavy atom. The maximum absolute atomic E-state index is 11.9. The van der Waals surface area contributed by atoms with E-state index in [1.807, 2.05) is 38.2 Å². The Morgan fingerprint density at radius 2 is 2.08 bits per heavy atom. The Labute approximate surface area is 167 Å². The van der Waals surface area contributed by atoms with E-state index < -0.39 is 0 Å². The highest BCUT2D eigenvalue weighted by molar-refractivity contribution is 14.0. The van der Waals surface area contributed by atoms with E-state index in [4.69, 9.17) is 0 Å². The molecule has 6 heteroatoms. The van der Waals surface area contributed by atoms with Crippen molar-refractivity contribution in [1.29, 1.82) is 0 Å². The van der Waals surface area contributed by atoms with Gasteiger partial charge in [0.15, 0.2) is 5.96 Å². The molecular formula is C19H29IN4O. The molecule has 1 heterocycles. The van der Waals surface area contributed by atoms with Crippen LogP contribution in [0, 0.1) is 5.41 Å². The van der Waals surface area contributed by atoms with Gasteiger partial charge in [0, 0.05) is 38.8 Å². The Morgan fingerprint density at radius 1 is 1.28 bits per heavy atom. The first-order valence-corrected chi connectivity index (χ1v) is 8.98. The van der Waals surface area contributed by atoms with E-state index in [-0.39, 0.29) is 29.9 Å². The molecule has 138 valence electrons. The molecule has 3 rings (SSSR count). The van der Waals surface area contributed by atoms with Crippen LogP contribution in [0.3, 0.4) is 0 Å². The molecule has 2 N–H and O–H groups in total. The normalized spacial score (nSPS) is 18.5. The van der Waals surface area contributed by atoms with Gasteiger partial charge in [-0.1, -0.05) is 18.6 Å². The molecule has 1 saturated carbocycles. The van der Waals surface area contributed by atoms with Crippen molar-refractivity contribution < 1.29 is 4.79 Å². The maximum Gasteiger partial charge on any atom is 0.251 e. The number of guanidine groups is 1. The summed E-state index contributed by atoms with van der Waals surface area (Å²) in [5.41, 5.74) is 2.37. The number of hydrogen-bond donors (Lipinski definition) is 2. The van der Waals surface area contributed by atoms with Crippen molar-refractivity contribution in [2.75, 3.05) is 26.7 Å². The van der Waals surface area contributed by atoms with E-state index in [2.05, 4.69) is 20.5 Å². The van der Waals surface area contributed by atoms with Crippen LogP contribution in [0.25, 0.3) is 0 Å². The molecule has 1 aromatic rings. The first-order valence-electron chi connectivity index (χ1n) is 8.98. The minimum Gasteiger partial charge on any atom is -0.352 e. The minimum absolute atomic E-state index is 0. The topological polar surface area (TPSA) is 56.7 Å². The third kappa shape index (κ3) is 4.65. The predicted molar refractivity (Wildman–Crippen MR) is 113 cm³/mol. The molecule has 0 radical (unpaired) electrons. The lowest BCUT2D eigenvalue weighted by atomic mass is 9.68. The smallest absolute Gasteiger partial charge is 0.251 e. The molecule has 2 fully saturated rings. The Kier molecular flexibility index (Phi) is 7.10. The average Bonchev–Trinajstić information content (AvgIpc) is 3.02. The second kappa shape index (κ2) is 8.87. The van der Waals surface area contributed by atoms with Crippen molar-refractivity contribution in [3.63, 3.8) is 0 Å². The van der Waals surface area contributed by atoms with Crippen LogP contribution in [0.2, 0.25) is 0 Å². The Balaban J connectivity index is 0.00000225. The zero-order valence-electron chi connectivity index (χ0n) is 15.2. The van der Waals surface area contributed by atoms with Gasteiger partial charge < -0.3 is 15.5 Å². The number of nitrogens with zero attached hydrogens (tertiary/aromatic N) is 2. The monoisotopic (exact) mass is 456 g/mol. The first kappa shape index (κ1) is 20.0. The third-order valence-electron chi connectivity index (χ3n) is 5.34. The summed E-state index contributed by atoms with van der Waals surface area (Å²) in [5.74, 6) is 0.956. The molecule has 1 aliphatic carbocycles. The Bertz CT molecular complexity index is 628. The number of likely N-dealkylation sites (tertiary alicyclic amines) is 1. The number of nitrogens with one attached hydrogen (secondary N) is 2. The van der Waals surface area contributed by atoms with Gasteiger partial charge in [-0.05, 0) is 49.3 Å². The van der Waals surface area contributed by atoms with Gasteiger partial charge in [-0.15, -0.1) is 24.0 Å². The van der Waals surface area contributed by atoms with Gasteiger partial charge in [-0.3, -0.25) is 9.79 Å². The molecule has 0 atom stereocenters. The van der Waals surface area contributed by atoms with Crippen LogP contribution < -0.4 is 10.6 Å². The van der Waals surface area contributed by atoms with E-state index in [0.717, 1.165) is 24.6 Å². The summed E-state index contributed by atoms with van der Waals surface area (Å²) < 4.78 is 0. The van der Waals surface area contributed by atoms with Crippen molar-refractivity contribution in [3.8, 4) is 0 Å². The fraction of sp³-hybridized carbons (Fsp3) is 0.579. The quantitative estimate of drug-likeness (QED) is 0.416. The van der Waals surface area contributed by atoms with E-state index in [0.29, 0.717) is 24.1 Å². The van der Waals surface area contributed by atoms with Gasteiger partial charge >= 0.3 is 0 Å². The van der Waals surface area contributed by atoms with Crippen molar-refractivity contribution in [2.45, 2.75) is 39.2 Å². The van der Waals surface area contributed by atoms with Crippen LogP contribution in [-0.2, 0) is 6.54 Å². The van der Waals surface area contributed by atoms with Crippen molar-refractivity contribution >= 4 is 35.8 Å². The lowest BCUT2D eigenvalue weighted by Gasteiger charge is -2.38. The van der Waals surface area contributed by atoms with E-state index in [9.17, 15) is 4.79 Å². The number of amides is 1. The molecule has 5 nitrogen and oxygen atoms in total. The minimum atomic E-state index is -0.0183. The first-order chi connectivity index (χ1) is 11.7. The van der Waals surface area contributed by atoms with Gasteiger partial charge in [0.1, 0.15) is 0 Å². The molecule has 0 aromatic heterocycles. The summed E-state index contributed by atoms with van der Waals surface area (Å²) in [5, 5.41) is 6.30. The largest absolute Gasteiger partial charge is 0.352 e. The number of hydrogen-bond acceptors (Lipinski definition) is 2. The van der Waals surface area contributed by atoms with Gasteiger partial charge in [-0.2, -0.15) is 0 Å². The summed E-state index contributed by atoms with van der Waals surface area (Å²) in [4.78, 5) is 18.8. The number of carbonyl (C=O) groups is 1. The summed E-state index contributed by atoms with van der Waals surface area (Å²) >= 11 is 0. The molecule has 1 aromatic carbocycles. The Hall–Kier alpha value is -1.31. The molecule has 2 aliphatic rings. The van der Waals surface area contributed by atoms with Crippen LogP contribution >= 0.6 is 24.0 Å². The molecule has 0 bridgehead atoms. The summed E-state index contributed by atoms with van der Waals surface area (Å²) in [6.45, 7) is 5.48. The molecule has 1 amide bonds. The standard InChI is InChI=1S/C19H28N4O.HI/c1-3-21-17(24)16-7-4-6-15(12-16)13-22-18(20-2)23-11-10-19(14-23)8-5-9-19;/h4,6-7,12H,3,5,8-11,13-14H2,1-2H3,(H,20,22)(H,21,24);1H. The summed E-state index contributed by atoms with van der Waals surface area (Å²) in [6, 6.07) is 7.77. The number of rotatable bonds is 4. The molecule has 1 aliphatic heterocycles. The number of carbonyl (C=O) groups excluding carboxylic acids is 1. The fourth-order valence-electron chi connectivity index (χ4n) is 3.80. The van der Waals surface area contributed by atoms with E-state index >= 15 is 0 Å². The van der Waals surface area contributed by atoms with Crippen LogP contribution in [0.5, 0.6) is 0 Å². The number of halogens is 1. The summed E-state index contributed by atoms with van der Waals surface area (Å²) in [7, 11) is 1.85. The van der Waals surface area contributed by atoms with Gasteiger partial charge in [0.05, 0.1) is 0 Å². The third-order valence-corrected chi connectivity index (χ3v) is 5.34. The SMILES string of the molecule is CCNC(=O)c1cccc(CNC(=NC)N2CCC3(CCC3)C2)c1.I. The zero-order valence-corrected chi connectivity index (χ0v) is 17.5. The number of aliphatic imine (C=N–C) groups is 1. The van der Waals surface area contributed by atoms with E-state index in [1.165, 1.54) is 25.7 Å². The van der Waals surface area contributed by atoms with Gasteiger partial charge in [0.2, 0.25) is 0 Å². The number of benzene rings is 1. The van der Waals surface area contributed by atoms with Crippen LogP contribution in [-0.4, -0.2) is 43.4 Å². The van der Waals surface area contributed by atoms with Gasteiger partial charge in [0.25, 0.3) is 5.91 Å². The van der Waals surface area contributed by atoms with Gasteiger partial charge in [-0.25, -0.2) is 0 Å². The summed E-state index contributed by atoms with van der Waals surface area (Å²) in [6.07, 6.45) is 5.41. The lowest BCUT2D eigenvalue weighted by molar-refractivity contribution is 0.0955. The molecule has 0 unspecified atom stereocenters. The maximum atomic E-state index is 11.9. The molecular weight excluding hydrogens is 427 g/mol. The van der Waals surface area contributed by atoms with Crippen molar-refractivity contribution in [1.82, 2.24) is 15.5 Å². The second-order valence-electron chi connectivity index (χ2n) is 6.99. The van der Waals surface area contributed by atoms with Crippen LogP contribution in [0.15, 0.2) is 29.3 Å². The highest BCUT2D eigenvalue weighted by Gasteiger charge is 2.43. The molecule has 25 heavy (non-hydrogen) atoms.